The highest BCUT2D eigenvalue weighted by Crippen LogP contribution is 2.24. The van der Waals surface area contributed by atoms with Gasteiger partial charge in [0.15, 0.2) is 0 Å². The number of allylic oxidation sites excluding steroid dienone is 4. The first-order valence-corrected chi connectivity index (χ1v) is 20.7. The molecule has 1 atom stereocenters. The van der Waals surface area contributed by atoms with E-state index in [0.717, 1.165) is 18.3 Å². The maximum atomic E-state index is 6.74. The summed E-state index contributed by atoms with van der Waals surface area (Å²) in [4.78, 5) is 2.36. The summed E-state index contributed by atoms with van der Waals surface area (Å²) in [5.41, 5.74) is 6.74. The summed E-state index contributed by atoms with van der Waals surface area (Å²) in [6.07, 6.45) is 45.8. The molecule has 1 rings (SSSR count). The maximum Gasteiger partial charge on any atom is 0.00671 e. The molecule has 0 amide bonds. The number of likely N-dealkylation sites (tertiary alicyclic amines) is 1. The van der Waals surface area contributed by atoms with E-state index in [0.29, 0.717) is 6.04 Å². The van der Waals surface area contributed by atoms with Crippen molar-refractivity contribution < 1.29 is 0 Å². The summed E-state index contributed by atoms with van der Waals surface area (Å²) >= 11 is 0. The molecule has 0 saturated carbocycles. The van der Waals surface area contributed by atoms with Gasteiger partial charge in [0.25, 0.3) is 0 Å². The van der Waals surface area contributed by atoms with Crippen LogP contribution in [-0.2, 0) is 0 Å². The molecular weight excluding hydrogens is 544 g/mol. The molecule has 0 aromatic heterocycles. The minimum Gasteiger partial charge on any atom is -0.327 e. The third kappa shape index (κ3) is 36.1. The first-order valence-electron chi connectivity index (χ1n) is 20.7. The largest absolute Gasteiger partial charge is 0.327 e. The summed E-state index contributed by atoms with van der Waals surface area (Å²) in [6, 6.07) is 0.440. The predicted molar refractivity (Wildman–Crippen MR) is 209 cm³/mol. The molecule has 270 valence electrons. The van der Waals surface area contributed by atoms with Gasteiger partial charge in [-0.1, -0.05) is 188 Å². The van der Waals surface area contributed by atoms with Crippen molar-refractivity contribution >= 4 is 0 Å². The number of hydrogen-bond acceptors (Lipinski definition) is 2. The van der Waals surface area contributed by atoms with Gasteiger partial charge in [-0.2, -0.15) is 0 Å². The molecule has 2 nitrogen and oxygen atoms in total. The smallest absolute Gasteiger partial charge is 0.00671 e. The normalized spacial score (nSPS) is 14.4. The summed E-state index contributed by atoms with van der Waals surface area (Å²) in [7, 11) is 2.17. The van der Waals surface area contributed by atoms with Crippen molar-refractivity contribution in [1.82, 2.24) is 4.90 Å². The maximum absolute atomic E-state index is 6.74. The molecule has 1 saturated heterocycles. The van der Waals surface area contributed by atoms with Crippen LogP contribution < -0.4 is 5.73 Å². The number of hydrogen-bond donors (Lipinski definition) is 1. The van der Waals surface area contributed by atoms with E-state index in [1.807, 2.05) is 0 Å². The second kappa shape index (κ2) is 39.6. The SMILES string of the molecule is CCC1CN(C)C1.CCCC.CCCCC/C=C\C/C=C\CCCCCCCC(N)C(CCCCCCC)CCCCCCC. The molecule has 2 N–H and O–H groups in total. The van der Waals surface area contributed by atoms with E-state index in [1.54, 1.807) is 0 Å². The van der Waals surface area contributed by atoms with Gasteiger partial charge in [-0.15, -0.1) is 0 Å². The fourth-order valence-electron chi connectivity index (χ4n) is 6.11. The lowest BCUT2D eigenvalue weighted by molar-refractivity contribution is 0.131. The number of nitrogens with zero attached hydrogens (tertiary/aromatic N) is 1. The Bertz CT molecular complexity index is 560. The van der Waals surface area contributed by atoms with E-state index in [-0.39, 0.29) is 0 Å². The van der Waals surface area contributed by atoms with Gasteiger partial charge in [-0.05, 0) is 70.3 Å². The van der Waals surface area contributed by atoms with Crippen LogP contribution in [-0.4, -0.2) is 31.1 Å². The molecule has 0 aliphatic carbocycles. The highest BCUT2D eigenvalue weighted by molar-refractivity contribution is 4.92. The van der Waals surface area contributed by atoms with Crippen molar-refractivity contribution in [2.75, 3.05) is 20.1 Å². The lowest BCUT2D eigenvalue weighted by Crippen LogP contribution is -2.42. The quantitative estimate of drug-likeness (QED) is 0.0656. The Kier molecular flexibility index (Phi) is 40.9. The molecule has 1 fully saturated rings. The number of unbranched alkanes of at least 4 members (excludes halogenated alkanes) is 17. The van der Waals surface area contributed by atoms with Crippen LogP contribution in [0.4, 0.5) is 0 Å². The van der Waals surface area contributed by atoms with E-state index >= 15 is 0 Å². The van der Waals surface area contributed by atoms with Crippen LogP contribution >= 0.6 is 0 Å². The molecule has 1 unspecified atom stereocenters. The molecule has 0 spiro atoms. The van der Waals surface area contributed by atoms with Gasteiger partial charge in [0.1, 0.15) is 0 Å². The second-order valence-electron chi connectivity index (χ2n) is 14.3. The Morgan fingerprint density at radius 2 is 0.911 bits per heavy atom. The minimum atomic E-state index is 0.440. The molecule has 1 aliphatic rings. The summed E-state index contributed by atoms with van der Waals surface area (Å²) in [5, 5.41) is 0. The predicted octanol–water partition coefficient (Wildman–Crippen LogP) is 14.2. The molecule has 0 aromatic carbocycles. The average molecular weight is 633 g/mol. The third-order valence-electron chi connectivity index (χ3n) is 9.67. The average Bonchev–Trinajstić information content (AvgIpc) is 3.04. The van der Waals surface area contributed by atoms with Gasteiger partial charge >= 0.3 is 0 Å². The van der Waals surface area contributed by atoms with Gasteiger partial charge < -0.3 is 10.6 Å². The molecule has 0 radical (unpaired) electrons. The van der Waals surface area contributed by atoms with Crippen LogP contribution in [0.1, 0.15) is 215 Å². The Hall–Kier alpha value is -0.600. The van der Waals surface area contributed by atoms with E-state index in [9.17, 15) is 0 Å². The molecule has 2 heteroatoms. The van der Waals surface area contributed by atoms with Gasteiger partial charge in [0.05, 0.1) is 0 Å². The Labute approximate surface area is 287 Å². The van der Waals surface area contributed by atoms with Crippen molar-refractivity contribution in [2.45, 2.75) is 221 Å². The second-order valence-corrected chi connectivity index (χ2v) is 14.3. The van der Waals surface area contributed by atoms with Gasteiger partial charge in [0, 0.05) is 19.1 Å². The van der Waals surface area contributed by atoms with Gasteiger partial charge in [-0.3, -0.25) is 0 Å². The topological polar surface area (TPSA) is 29.3 Å². The summed E-state index contributed by atoms with van der Waals surface area (Å²) in [5.74, 6) is 1.79. The van der Waals surface area contributed by atoms with Crippen LogP contribution in [0, 0.1) is 11.8 Å². The van der Waals surface area contributed by atoms with Gasteiger partial charge in [0.2, 0.25) is 0 Å². The molecule has 1 heterocycles. The molecule has 0 aromatic rings. The summed E-state index contributed by atoms with van der Waals surface area (Å²) in [6.45, 7) is 16.2. The molecule has 0 bridgehead atoms. The monoisotopic (exact) mass is 633 g/mol. The van der Waals surface area contributed by atoms with Crippen molar-refractivity contribution in [3.05, 3.63) is 24.3 Å². The Balaban J connectivity index is 0. The first-order chi connectivity index (χ1) is 22.0. The van der Waals surface area contributed by atoms with E-state index in [1.165, 1.54) is 180 Å². The van der Waals surface area contributed by atoms with Crippen molar-refractivity contribution in [3.63, 3.8) is 0 Å². The zero-order valence-electron chi connectivity index (χ0n) is 32.6. The van der Waals surface area contributed by atoms with Crippen molar-refractivity contribution in [3.8, 4) is 0 Å². The van der Waals surface area contributed by atoms with Crippen LogP contribution in [0.25, 0.3) is 0 Å². The lowest BCUT2D eigenvalue weighted by atomic mass is 9.86. The Morgan fingerprint density at radius 1 is 0.511 bits per heavy atom. The van der Waals surface area contributed by atoms with Crippen molar-refractivity contribution in [1.29, 1.82) is 0 Å². The molecular formula is C43H88N2. The fourth-order valence-corrected chi connectivity index (χ4v) is 6.11. The van der Waals surface area contributed by atoms with Crippen LogP contribution in [0.3, 0.4) is 0 Å². The number of nitrogens with two attached hydrogens (primary N) is 1. The highest BCUT2D eigenvalue weighted by atomic mass is 15.2. The minimum absolute atomic E-state index is 0.440. The zero-order valence-corrected chi connectivity index (χ0v) is 32.6. The summed E-state index contributed by atoms with van der Waals surface area (Å²) < 4.78 is 0. The van der Waals surface area contributed by atoms with Crippen LogP contribution in [0.5, 0.6) is 0 Å². The zero-order chi connectivity index (χ0) is 33.6. The Morgan fingerprint density at radius 3 is 1.33 bits per heavy atom. The highest BCUT2D eigenvalue weighted by Gasteiger charge is 2.20. The fraction of sp³-hybridized carbons (Fsp3) is 0.907. The van der Waals surface area contributed by atoms with E-state index in [4.69, 9.17) is 5.73 Å². The molecule has 1 aliphatic heterocycles. The van der Waals surface area contributed by atoms with Crippen LogP contribution in [0.15, 0.2) is 24.3 Å². The van der Waals surface area contributed by atoms with Gasteiger partial charge in [-0.25, -0.2) is 0 Å². The first kappa shape index (κ1) is 46.5. The van der Waals surface area contributed by atoms with Crippen LogP contribution in [0.2, 0.25) is 0 Å². The number of rotatable bonds is 29. The standard InChI is InChI=1S/C33H65N.C6H13N.C4H10/c1-4-7-10-13-14-15-16-17-18-19-20-21-22-25-28-31-33(34)32(29-26-23-11-8-5-2)30-27-24-12-9-6-3;1-3-6-4-7(2)5-6;1-3-4-2/h14-15,17-18,32-33H,4-13,16,19-31,34H2,1-3H3;6H,3-5H2,1-2H3;3-4H2,1-2H3/b15-14-,18-17-;;. The third-order valence-corrected chi connectivity index (χ3v) is 9.67. The van der Waals surface area contributed by atoms with Crippen molar-refractivity contribution in [2.24, 2.45) is 17.6 Å². The molecule has 45 heavy (non-hydrogen) atoms. The lowest BCUT2D eigenvalue weighted by Gasteiger charge is -2.35. The van der Waals surface area contributed by atoms with E-state index < -0.39 is 0 Å². The van der Waals surface area contributed by atoms with E-state index in [2.05, 4.69) is 77.8 Å².